The first-order valence-corrected chi connectivity index (χ1v) is 20.8. The van der Waals surface area contributed by atoms with Crippen molar-refractivity contribution in [3.8, 4) is 0 Å². The fourth-order valence-corrected chi connectivity index (χ4v) is 6.01. The normalized spacial score (nSPS) is 12.6. The van der Waals surface area contributed by atoms with Gasteiger partial charge in [-0.1, -0.05) is 182 Å². The lowest BCUT2D eigenvalue weighted by atomic mass is 9.99. The highest BCUT2D eigenvalue weighted by Gasteiger charge is 2.19. The molecule has 1 unspecified atom stereocenters. The molecule has 0 aliphatic rings. The third-order valence-corrected chi connectivity index (χ3v) is 9.58. The van der Waals surface area contributed by atoms with Gasteiger partial charge in [-0.25, -0.2) is 0 Å². The van der Waals surface area contributed by atoms with E-state index in [0.717, 1.165) is 69.6 Å². The molecule has 0 N–H and O–H groups in total. The van der Waals surface area contributed by atoms with Crippen LogP contribution in [0.4, 0.5) is 0 Å². The Morgan fingerprint density at radius 1 is 0.438 bits per heavy atom. The summed E-state index contributed by atoms with van der Waals surface area (Å²) in [4.78, 5) is 37.4. The zero-order valence-corrected chi connectivity index (χ0v) is 32.6. The second-order valence-corrected chi connectivity index (χ2v) is 15.0. The minimum absolute atomic E-state index is 0.0670. The van der Waals surface area contributed by atoms with Crippen LogP contribution >= 0.6 is 0 Å². The number of carbonyl (C=O) groups excluding carboxylic acids is 3. The SMILES string of the molecule is CCCCCCCCCC(=O)OC[C@@H](COC(=O)CCCCCCCCCCCCC(C)CC)OC(=O)CCCCCCCCC(C)C. The van der Waals surface area contributed by atoms with Gasteiger partial charge in [-0.3, -0.25) is 14.4 Å². The van der Waals surface area contributed by atoms with Gasteiger partial charge in [-0.05, 0) is 31.1 Å². The van der Waals surface area contributed by atoms with Crippen molar-refractivity contribution in [3.05, 3.63) is 0 Å². The molecule has 0 aliphatic heterocycles. The van der Waals surface area contributed by atoms with Crippen molar-refractivity contribution in [3.63, 3.8) is 0 Å². The van der Waals surface area contributed by atoms with Crippen molar-refractivity contribution in [2.75, 3.05) is 13.2 Å². The molecule has 6 heteroatoms. The quantitative estimate of drug-likeness (QED) is 0.0372. The fourth-order valence-electron chi connectivity index (χ4n) is 6.01. The minimum atomic E-state index is -0.759. The molecule has 0 radical (unpaired) electrons. The zero-order valence-electron chi connectivity index (χ0n) is 32.6. The highest BCUT2D eigenvalue weighted by molar-refractivity contribution is 5.71. The van der Waals surface area contributed by atoms with E-state index < -0.39 is 6.10 Å². The second-order valence-electron chi connectivity index (χ2n) is 15.0. The molecule has 2 atom stereocenters. The molecule has 0 saturated heterocycles. The summed E-state index contributed by atoms with van der Waals surface area (Å²) < 4.78 is 16.6. The first kappa shape index (κ1) is 46.4. The topological polar surface area (TPSA) is 78.9 Å². The molecule has 6 nitrogen and oxygen atoms in total. The van der Waals surface area contributed by atoms with Crippen molar-refractivity contribution in [2.45, 2.75) is 227 Å². The van der Waals surface area contributed by atoms with E-state index in [2.05, 4.69) is 34.6 Å². The van der Waals surface area contributed by atoms with E-state index >= 15 is 0 Å². The van der Waals surface area contributed by atoms with Crippen LogP contribution in [0.15, 0.2) is 0 Å². The maximum Gasteiger partial charge on any atom is 0.306 e. The molecule has 0 aromatic rings. The molecule has 0 heterocycles. The Kier molecular flexibility index (Phi) is 34.1. The monoisotopic (exact) mass is 681 g/mol. The highest BCUT2D eigenvalue weighted by atomic mass is 16.6. The van der Waals surface area contributed by atoms with Crippen molar-refractivity contribution < 1.29 is 28.6 Å². The lowest BCUT2D eigenvalue weighted by molar-refractivity contribution is -0.167. The molecule has 0 spiro atoms. The summed E-state index contributed by atoms with van der Waals surface area (Å²) in [7, 11) is 0. The van der Waals surface area contributed by atoms with Crippen LogP contribution in [-0.2, 0) is 28.6 Å². The van der Waals surface area contributed by atoms with E-state index in [1.165, 1.54) is 109 Å². The van der Waals surface area contributed by atoms with Crippen LogP contribution in [-0.4, -0.2) is 37.2 Å². The van der Waals surface area contributed by atoms with Crippen LogP contribution < -0.4 is 0 Å². The number of hydrogen-bond donors (Lipinski definition) is 0. The molecule has 0 amide bonds. The van der Waals surface area contributed by atoms with Gasteiger partial charge < -0.3 is 14.2 Å². The Bertz CT molecular complexity index is 736. The van der Waals surface area contributed by atoms with Crippen molar-refractivity contribution in [1.29, 1.82) is 0 Å². The molecule has 0 aromatic carbocycles. The zero-order chi connectivity index (χ0) is 35.5. The van der Waals surface area contributed by atoms with Gasteiger partial charge in [-0.2, -0.15) is 0 Å². The Labute approximate surface area is 298 Å². The van der Waals surface area contributed by atoms with Gasteiger partial charge in [0.05, 0.1) is 0 Å². The molecule has 48 heavy (non-hydrogen) atoms. The predicted molar refractivity (Wildman–Crippen MR) is 201 cm³/mol. The van der Waals surface area contributed by atoms with E-state index in [1.807, 2.05) is 0 Å². The lowest BCUT2D eigenvalue weighted by Gasteiger charge is -2.18. The van der Waals surface area contributed by atoms with Gasteiger partial charge >= 0.3 is 17.9 Å². The van der Waals surface area contributed by atoms with Gasteiger partial charge in [0.15, 0.2) is 6.10 Å². The van der Waals surface area contributed by atoms with Gasteiger partial charge in [0.25, 0.3) is 0 Å². The second kappa shape index (κ2) is 35.2. The number of carbonyl (C=O) groups is 3. The first-order chi connectivity index (χ1) is 23.3. The van der Waals surface area contributed by atoms with Gasteiger partial charge in [0.2, 0.25) is 0 Å². The Morgan fingerprint density at radius 3 is 1.19 bits per heavy atom. The van der Waals surface area contributed by atoms with Crippen molar-refractivity contribution in [2.24, 2.45) is 11.8 Å². The molecular weight excluding hydrogens is 600 g/mol. The van der Waals surface area contributed by atoms with Crippen LogP contribution in [0.5, 0.6) is 0 Å². The van der Waals surface area contributed by atoms with Gasteiger partial charge in [0, 0.05) is 19.3 Å². The number of esters is 3. The number of ether oxygens (including phenoxy) is 3. The van der Waals surface area contributed by atoms with Crippen molar-refractivity contribution >= 4 is 17.9 Å². The lowest BCUT2D eigenvalue weighted by Crippen LogP contribution is -2.30. The molecule has 0 aliphatic carbocycles. The molecule has 0 saturated carbocycles. The standard InChI is InChI=1S/C42H80O6/c1-6-8-9-10-15-22-27-32-40(43)46-35-39(48-42(45)34-29-24-19-18-20-25-30-37(3)4)36-47-41(44)33-28-23-17-14-12-11-13-16-21-26-31-38(5)7-2/h37-39H,6-36H2,1-5H3/t38?,39-/m0/s1. The smallest absolute Gasteiger partial charge is 0.306 e. The maximum absolute atomic E-state index is 12.6. The summed E-state index contributed by atoms with van der Waals surface area (Å²) in [5.41, 5.74) is 0. The predicted octanol–water partition coefficient (Wildman–Crippen LogP) is 12.6. The summed E-state index contributed by atoms with van der Waals surface area (Å²) in [6.07, 6.45) is 31.0. The summed E-state index contributed by atoms with van der Waals surface area (Å²) in [5, 5.41) is 0. The van der Waals surface area contributed by atoms with E-state index in [0.29, 0.717) is 19.3 Å². The van der Waals surface area contributed by atoms with Crippen LogP contribution in [0.3, 0.4) is 0 Å². The number of unbranched alkanes of at least 4 members (excludes halogenated alkanes) is 20. The van der Waals surface area contributed by atoms with Crippen LogP contribution in [0, 0.1) is 11.8 Å². The number of hydrogen-bond acceptors (Lipinski definition) is 6. The summed E-state index contributed by atoms with van der Waals surface area (Å²) in [6, 6.07) is 0. The Hall–Kier alpha value is -1.59. The van der Waals surface area contributed by atoms with E-state index in [-0.39, 0.29) is 31.1 Å². The third-order valence-electron chi connectivity index (χ3n) is 9.58. The minimum Gasteiger partial charge on any atom is -0.462 e. The van der Waals surface area contributed by atoms with Crippen LogP contribution in [0.1, 0.15) is 221 Å². The summed E-state index contributed by atoms with van der Waals surface area (Å²) >= 11 is 0. The van der Waals surface area contributed by atoms with Gasteiger partial charge in [0.1, 0.15) is 13.2 Å². The average Bonchev–Trinajstić information content (AvgIpc) is 3.06. The van der Waals surface area contributed by atoms with Crippen LogP contribution in [0.25, 0.3) is 0 Å². The third kappa shape index (κ3) is 34.3. The van der Waals surface area contributed by atoms with E-state index in [9.17, 15) is 14.4 Å². The molecular formula is C42H80O6. The molecule has 0 aromatic heterocycles. The van der Waals surface area contributed by atoms with E-state index in [1.54, 1.807) is 0 Å². The molecule has 284 valence electrons. The first-order valence-electron chi connectivity index (χ1n) is 20.8. The maximum atomic E-state index is 12.6. The van der Waals surface area contributed by atoms with Crippen LogP contribution in [0.2, 0.25) is 0 Å². The summed E-state index contributed by atoms with van der Waals surface area (Å²) in [5.74, 6) is 0.754. The van der Waals surface area contributed by atoms with E-state index in [4.69, 9.17) is 14.2 Å². The van der Waals surface area contributed by atoms with Crippen molar-refractivity contribution in [1.82, 2.24) is 0 Å². The Morgan fingerprint density at radius 2 is 0.792 bits per heavy atom. The molecule has 0 rings (SSSR count). The highest BCUT2D eigenvalue weighted by Crippen LogP contribution is 2.16. The largest absolute Gasteiger partial charge is 0.462 e. The van der Waals surface area contributed by atoms with Gasteiger partial charge in [-0.15, -0.1) is 0 Å². The molecule has 0 bridgehead atoms. The molecule has 0 fully saturated rings. The Balaban J connectivity index is 4.28. The average molecular weight is 681 g/mol. The fraction of sp³-hybridized carbons (Fsp3) is 0.929. The number of rotatable bonds is 36. The summed E-state index contributed by atoms with van der Waals surface area (Å²) in [6.45, 7) is 11.2.